The number of nitrogens with zero attached hydrogens (tertiary/aromatic N) is 3. The Kier molecular flexibility index (Phi) is 7.07. The van der Waals surface area contributed by atoms with Crippen molar-refractivity contribution in [2.75, 3.05) is 0 Å². The van der Waals surface area contributed by atoms with Crippen LogP contribution in [0, 0.1) is 5.92 Å². The number of benzene rings is 4. The van der Waals surface area contributed by atoms with Crippen molar-refractivity contribution < 1.29 is 9.31 Å². The minimum Gasteiger partial charge on any atom is -0.399 e. The van der Waals surface area contributed by atoms with Crippen LogP contribution in [0.1, 0.15) is 45.7 Å². The number of fused-ring (bicyclic) bond motifs is 1. The summed E-state index contributed by atoms with van der Waals surface area (Å²) in [6.07, 6.45) is 5.51. The number of aromatic nitrogens is 3. The van der Waals surface area contributed by atoms with Gasteiger partial charge in [-0.1, -0.05) is 110 Å². The topological polar surface area (TPSA) is 57.1 Å². The highest BCUT2D eigenvalue weighted by Gasteiger charge is 2.52. The van der Waals surface area contributed by atoms with Gasteiger partial charge in [-0.05, 0) is 73.8 Å². The summed E-state index contributed by atoms with van der Waals surface area (Å²) >= 11 is 0. The van der Waals surface area contributed by atoms with Gasteiger partial charge in [-0.25, -0.2) is 15.0 Å². The van der Waals surface area contributed by atoms with E-state index in [2.05, 4.69) is 83.2 Å². The van der Waals surface area contributed by atoms with E-state index >= 15 is 0 Å². The Labute approximate surface area is 260 Å². The molecule has 0 radical (unpaired) electrons. The van der Waals surface area contributed by atoms with Crippen molar-refractivity contribution >= 4 is 18.7 Å². The maximum Gasteiger partial charge on any atom is 0.495 e. The van der Waals surface area contributed by atoms with E-state index in [0.29, 0.717) is 23.4 Å². The Balaban J connectivity index is 1.33. The molecule has 2 heterocycles. The second-order valence-corrected chi connectivity index (χ2v) is 12.8. The molecule has 5 aromatic rings. The van der Waals surface area contributed by atoms with Crippen molar-refractivity contribution in [2.45, 2.75) is 52.2 Å². The summed E-state index contributed by atoms with van der Waals surface area (Å²) in [5.41, 5.74) is 7.98. The maximum atomic E-state index is 6.50. The lowest BCUT2D eigenvalue weighted by Gasteiger charge is -2.32. The Morgan fingerprint density at radius 1 is 0.636 bits per heavy atom. The first-order chi connectivity index (χ1) is 21.2. The van der Waals surface area contributed by atoms with Crippen molar-refractivity contribution in [3.8, 4) is 45.3 Å². The first-order valence-corrected chi connectivity index (χ1v) is 15.4. The molecule has 2 aliphatic rings. The summed E-state index contributed by atoms with van der Waals surface area (Å²) in [6, 6.07) is 33.1. The highest BCUT2D eigenvalue weighted by molar-refractivity contribution is 6.62. The largest absolute Gasteiger partial charge is 0.495 e. The predicted molar refractivity (Wildman–Crippen MR) is 179 cm³/mol. The van der Waals surface area contributed by atoms with Gasteiger partial charge >= 0.3 is 7.12 Å². The molecule has 44 heavy (non-hydrogen) atoms. The van der Waals surface area contributed by atoms with Crippen molar-refractivity contribution in [3.05, 3.63) is 114 Å². The molecule has 0 bridgehead atoms. The van der Waals surface area contributed by atoms with E-state index in [0.717, 1.165) is 34.1 Å². The van der Waals surface area contributed by atoms with Crippen molar-refractivity contribution in [3.63, 3.8) is 0 Å². The minimum absolute atomic E-state index is 0.393. The molecule has 1 unspecified atom stereocenters. The summed E-state index contributed by atoms with van der Waals surface area (Å²) in [5.74, 6) is 2.39. The molecule has 1 aliphatic heterocycles. The third-order valence-electron chi connectivity index (χ3n) is 9.15. The Morgan fingerprint density at radius 2 is 1.16 bits per heavy atom. The molecule has 0 saturated carbocycles. The molecule has 1 atom stereocenters. The zero-order valence-corrected chi connectivity index (χ0v) is 25.9. The predicted octanol–water partition coefficient (Wildman–Crippen LogP) is 8.04. The van der Waals surface area contributed by atoms with Crippen LogP contribution in [0.3, 0.4) is 0 Å². The van der Waals surface area contributed by atoms with Gasteiger partial charge in [0.1, 0.15) is 0 Å². The molecule has 1 saturated heterocycles. The van der Waals surface area contributed by atoms with Gasteiger partial charge in [0.25, 0.3) is 0 Å². The molecule has 4 aromatic carbocycles. The van der Waals surface area contributed by atoms with Gasteiger partial charge in [0.05, 0.1) is 11.2 Å². The van der Waals surface area contributed by atoms with Crippen LogP contribution in [0.4, 0.5) is 0 Å². The summed E-state index contributed by atoms with van der Waals surface area (Å²) < 4.78 is 13.0. The van der Waals surface area contributed by atoms with E-state index in [9.17, 15) is 0 Å². The van der Waals surface area contributed by atoms with Crippen molar-refractivity contribution in [1.29, 1.82) is 0 Å². The molecule has 1 fully saturated rings. The summed E-state index contributed by atoms with van der Waals surface area (Å²) in [6.45, 7) is 10.7. The number of allylic oxidation sites excluding steroid dienone is 1. The van der Waals surface area contributed by atoms with Crippen LogP contribution in [0.15, 0.2) is 103 Å². The van der Waals surface area contributed by atoms with Crippen molar-refractivity contribution in [2.24, 2.45) is 5.92 Å². The fraction of sp³-hybridized carbons (Fsp3) is 0.237. The summed E-state index contributed by atoms with van der Waals surface area (Å²) in [5, 5.41) is 0. The number of hydrogen-bond donors (Lipinski definition) is 0. The van der Waals surface area contributed by atoms with E-state index in [1.165, 1.54) is 16.7 Å². The second-order valence-electron chi connectivity index (χ2n) is 12.8. The summed E-state index contributed by atoms with van der Waals surface area (Å²) in [4.78, 5) is 14.8. The lowest BCUT2D eigenvalue weighted by atomic mass is 9.70. The van der Waals surface area contributed by atoms with Gasteiger partial charge < -0.3 is 9.31 Å². The van der Waals surface area contributed by atoms with Gasteiger partial charge in [-0.15, -0.1) is 0 Å². The zero-order chi connectivity index (χ0) is 30.5. The molecular weight excluding hydrogens is 541 g/mol. The van der Waals surface area contributed by atoms with Gasteiger partial charge in [0, 0.05) is 16.7 Å². The highest BCUT2D eigenvalue weighted by Crippen LogP contribution is 2.39. The Hall–Kier alpha value is -4.39. The fourth-order valence-electron chi connectivity index (χ4n) is 5.96. The van der Waals surface area contributed by atoms with E-state index in [4.69, 9.17) is 24.3 Å². The number of rotatable bonds is 5. The van der Waals surface area contributed by atoms with Crippen molar-refractivity contribution in [1.82, 2.24) is 15.0 Å². The molecule has 218 valence electrons. The van der Waals surface area contributed by atoms with Crippen LogP contribution in [0.2, 0.25) is 0 Å². The van der Waals surface area contributed by atoms with E-state index in [1.807, 2.05) is 60.7 Å². The Bertz CT molecular complexity index is 1800. The normalized spacial score (nSPS) is 18.3. The quantitative estimate of drug-likeness (QED) is 0.198. The van der Waals surface area contributed by atoms with E-state index < -0.39 is 18.3 Å². The van der Waals surface area contributed by atoms with Gasteiger partial charge in [0.15, 0.2) is 17.5 Å². The van der Waals surface area contributed by atoms with Gasteiger partial charge in [-0.3, -0.25) is 0 Å². The SMILES string of the molecule is CC1C=Cc2c(-c3cccc(-c4nc(-c5ccccc5)nc(-c5ccccc5)n4)c3)ccc(B3OC(C)(C)C(C)(C)O3)c2C1. The maximum absolute atomic E-state index is 6.50. The molecule has 1 aliphatic carbocycles. The molecular formula is C38H36BN3O2. The molecule has 7 rings (SSSR count). The molecule has 5 nitrogen and oxygen atoms in total. The average molecular weight is 578 g/mol. The Morgan fingerprint density at radius 3 is 1.75 bits per heavy atom. The standard InChI is InChI=1S/C38H36BN3O2/c1-25-19-20-31-30(21-22-33(32(31)23-25)39-43-37(2,3)38(4,5)44-39)28-17-12-18-29(24-28)36-41-34(26-13-8-6-9-14-26)40-35(42-36)27-15-10-7-11-16-27/h6-22,24-25H,23H2,1-5H3. The molecule has 0 N–H and O–H groups in total. The number of hydrogen-bond acceptors (Lipinski definition) is 5. The first-order valence-electron chi connectivity index (χ1n) is 15.4. The van der Waals surface area contributed by atoms with Gasteiger partial charge in [0.2, 0.25) is 0 Å². The average Bonchev–Trinajstić information content (AvgIpc) is 3.26. The van der Waals surface area contributed by atoms with Crippen LogP contribution in [-0.4, -0.2) is 33.3 Å². The van der Waals surface area contributed by atoms with Crippen LogP contribution in [0.5, 0.6) is 0 Å². The lowest BCUT2D eigenvalue weighted by molar-refractivity contribution is 0.00578. The highest BCUT2D eigenvalue weighted by atomic mass is 16.7. The monoisotopic (exact) mass is 577 g/mol. The minimum atomic E-state index is -0.397. The molecule has 6 heteroatoms. The van der Waals surface area contributed by atoms with Crippen LogP contribution >= 0.6 is 0 Å². The first kappa shape index (κ1) is 28.4. The van der Waals surface area contributed by atoms with Crippen LogP contribution in [0.25, 0.3) is 51.4 Å². The van der Waals surface area contributed by atoms with E-state index in [1.54, 1.807) is 0 Å². The van der Waals surface area contributed by atoms with Gasteiger partial charge in [-0.2, -0.15) is 0 Å². The molecule has 0 amide bonds. The summed E-state index contributed by atoms with van der Waals surface area (Å²) in [7, 11) is -0.397. The fourth-order valence-corrected chi connectivity index (χ4v) is 5.96. The van der Waals surface area contributed by atoms with E-state index in [-0.39, 0.29) is 0 Å². The zero-order valence-electron chi connectivity index (χ0n) is 25.9. The molecule has 1 aromatic heterocycles. The smallest absolute Gasteiger partial charge is 0.399 e. The lowest BCUT2D eigenvalue weighted by Crippen LogP contribution is -2.41. The van der Waals surface area contributed by atoms with Crippen LogP contribution in [-0.2, 0) is 15.7 Å². The van der Waals surface area contributed by atoms with Crippen LogP contribution < -0.4 is 5.46 Å². The molecule has 0 spiro atoms. The second kappa shape index (κ2) is 11.0. The third kappa shape index (κ3) is 5.19. The third-order valence-corrected chi connectivity index (χ3v) is 9.15.